The first-order valence-corrected chi connectivity index (χ1v) is 5.61. The van der Waals surface area contributed by atoms with E-state index < -0.39 is 0 Å². The quantitative estimate of drug-likeness (QED) is 0.784. The van der Waals surface area contributed by atoms with Gasteiger partial charge in [-0.1, -0.05) is 27.7 Å². The average Bonchev–Trinajstić information content (AvgIpc) is 2.63. The molecule has 4 heteroatoms. The Morgan fingerprint density at radius 1 is 1.47 bits per heavy atom. The third kappa shape index (κ3) is 4.42. The first kappa shape index (κ1) is 12.2. The van der Waals surface area contributed by atoms with E-state index in [-0.39, 0.29) is 0 Å². The minimum atomic E-state index is 0.303. The highest BCUT2D eigenvalue weighted by Crippen LogP contribution is 2.25. The van der Waals surface area contributed by atoms with Gasteiger partial charge in [-0.3, -0.25) is 5.10 Å². The van der Waals surface area contributed by atoms with Crippen LogP contribution in [-0.4, -0.2) is 21.7 Å². The van der Waals surface area contributed by atoms with Crippen molar-refractivity contribution in [3.05, 3.63) is 12.2 Å². The van der Waals surface area contributed by atoms with Crippen LogP contribution in [0.15, 0.2) is 6.33 Å². The fourth-order valence-electron chi connectivity index (χ4n) is 1.54. The zero-order chi connectivity index (χ0) is 11.3. The second-order valence-corrected chi connectivity index (χ2v) is 5.08. The van der Waals surface area contributed by atoms with Crippen molar-refractivity contribution in [1.29, 1.82) is 0 Å². The molecule has 0 saturated carbocycles. The predicted molar refractivity (Wildman–Crippen MR) is 61.5 cm³/mol. The highest BCUT2D eigenvalue weighted by atomic mass is 15.2. The van der Waals surface area contributed by atoms with Gasteiger partial charge in [0, 0.05) is 0 Å². The van der Waals surface area contributed by atoms with E-state index in [9.17, 15) is 0 Å². The first-order valence-electron chi connectivity index (χ1n) is 5.61. The maximum atomic E-state index is 4.21. The lowest BCUT2D eigenvalue weighted by Gasteiger charge is -2.22. The largest absolute Gasteiger partial charge is 0.308 e. The summed E-state index contributed by atoms with van der Waals surface area (Å²) in [6.45, 7) is 9.85. The second-order valence-electron chi connectivity index (χ2n) is 5.08. The summed E-state index contributed by atoms with van der Waals surface area (Å²) in [5.41, 5.74) is 0.369. The molecule has 0 spiro atoms. The van der Waals surface area contributed by atoms with Crippen molar-refractivity contribution in [2.45, 2.75) is 46.6 Å². The van der Waals surface area contributed by atoms with E-state index in [1.165, 1.54) is 6.42 Å². The normalized spacial score (nSPS) is 14.1. The molecular formula is C11H22N4. The van der Waals surface area contributed by atoms with Gasteiger partial charge in [-0.05, 0) is 24.8 Å². The molecule has 1 rings (SSSR count). The Kier molecular flexibility index (Phi) is 4.27. The summed E-state index contributed by atoms with van der Waals surface area (Å²) in [5.74, 6) is 0.945. The topological polar surface area (TPSA) is 53.6 Å². The van der Waals surface area contributed by atoms with E-state index >= 15 is 0 Å². The van der Waals surface area contributed by atoms with E-state index in [0.29, 0.717) is 11.5 Å². The minimum Gasteiger partial charge on any atom is -0.308 e. The lowest BCUT2D eigenvalue weighted by atomic mass is 9.88. The van der Waals surface area contributed by atoms with Crippen molar-refractivity contribution in [2.24, 2.45) is 5.41 Å². The smallest absolute Gasteiger partial charge is 0.141 e. The molecule has 0 aliphatic rings. The summed E-state index contributed by atoms with van der Waals surface area (Å²) < 4.78 is 0. The molecular weight excluding hydrogens is 188 g/mol. The van der Waals surface area contributed by atoms with Crippen LogP contribution in [0.4, 0.5) is 0 Å². The lowest BCUT2D eigenvalue weighted by molar-refractivity contribution is 0.329. The highest BCUT2D eigenvalue weighted by Gasteiger charge is 2.17. The summed E-state index contributed by atoms with van der Waals surface area (Å²) in [6, 6.07) is 0.303. The van der Waals surface area contributed by atoms with E-state index in [0.717, 1.165) is 18.8 Å². The Morgan fingerprint density at radius 3 is 2.67 bits per heavy atom. The van der Waals surface area contributed by atoms with Crippen LogP contribution in [0.1, 0.15) is 52.4 Å². The van der Waals surface area contributed by atoms with Crippen LogP contribution in [0.5, 0.6) is 0 Å². The Labute approximate surface area is 91.9 Å². The number of aromatic nitrogens is 3. The fraction of sp³-hybridized carbons (Fsp3) is 0.818. The molecule has 4 nitrogen and oxygen atoms in total. The molecule has 1 aromatic heterocycles. The van der Waals surface area contributed by atoms with Crippen molar-refractivity contribution in [3.8, 4) is 0 Å². The maximum absolute atomic E-state index is 4.21. The Hall–Kier alpha value is -0.900. The van der Waals surface area contributed by atoms with Gasteiger partial charge in [-0.2, -0.15) is 5.10 Å². The van der Waals surface area contributed by atoms with Gasteiger partial charge in [0.15, 0.2) is 0 Å². The molecule has 1 heterocycles. The number of hydrogen-bond donors (Lipinski definition) is 2. The molecule has 0 amide bonds. The molecule has 0 bridgehead atoms. The van der Waals surface area contributed by atoms with Crippen LogP contribution in [0, 0.1) is 5.41 Å². The molecule has 0 aliphatic carbocycles. The SMILES string of the molecule is CCNC(CCC(C)(C)C)c1ncn[nH]1. The van der Waals surface area contributed by atoms with Gasteiger partial charge in [0.05, 0.1) is 6.04 Å². The monoisotopic (exact) mass is 210 g/mol. The molecule has 1 unspecified atom stereocenters. The van der Waals surface area contributed by atoms with E-state index in [4.69, 9.17) is 0 Å². The maximum Gasteiger partial charge on any atom is 0.141 e. The molecule has 0 aliphatic heterocycles. The molecule has 1 aromatic rings. The molecule has 86 valence electrons. The Morgan fingerprint density at radius 2 is 2.20 bits per heavy atom. The molecule has 15 heavy (non-hydrogen) atoms. The molecule has 0 saturated heterocycles. The van der Waals surface area contributed by atoms with Gasteiger partial charge in [0.2, 0.25) is 0 Å². The standard InChI is InChI=1S/C11H22N4/c1-5-12-9(6-7-11(2,3)4)10-13-8-14-15-10/h8-9,12H,5-7H2,1-4H3,(H,13,14,15). The fourth-order valence-corrected chi connectivity index (χ4v) is 1.54. The van der Waals surface area contributed by atoms with E-state index in [1.807, 2.05) is 0 Å². The Bertz CT molecular complexity index is 261. The summed E-state index contributed by atoms with van der Waals surface area (Å²) >= 11 is 0. The van der Waals surface area contributed by atoms with Gasteiger partial charge in [0.1, 0.15) is 12.2 Å². The third-order valence-corrected chi connectivity index (χ3v) is 2.40. The number of aromatic amines is 1. The first-order chi connectivity index (χ1) is 7.03. The van der Waals surface area contributed by atoms with Gasteiger partial charge in [0.25, 0.3) is 0 Å². The van der Waals surface area contributed by atoms with Crippen LogP contribution >= 0.6 is 0 Å². The van der Waals surface area contributed by atoms with Crippen LogP contribution in [0.3, 0.4) is 0 Å². The summed E-state index contributed by atoms with van der Waals surface area (Å²) in [4.78, 5) is 4.21. The van der Waals surface area contributed by atoms with Crippen LogP contribution in [0.25, 0.3) is 0 Å². The van der Waals surface area contributed by atoms with Crippen LogP contribution in [-0.2, 0) is 0 Å². The van der Waals surface area contributed by atoms with Crippen molar-refractivity contribution >= 4 is 0 Å². The molecule has 0 aromatic carbocycles. The second kappa shape index (κ2) is 5.26. The van der Waals surface area contributed by atoms with Crippen molar-refractivity contribution in [1.82, 2.24) is 20.5 Å². The van der Waals surface area contributed by atoms with Gasteiger partial charge in [-0.25, -0.2) is 4.98 Å². The zero-order valence-electron chi connectivity index (χ0n) is 10.2. The van der Waals surface area contributed by atoms with Crippen molar-refractivity contribution < 1.29 is 0 Å². The van der Waals surface area contributed by atoms with Gasteiger partial charge in [-0.15, -0.1) is 0 Å². The third-order valence-electron chi connectivity index (χ3n) is 2.40. The van der Waals surface area contributed by atoms with Crippen LogP contribution in [0.2, 0.25) is 0 Å². The molecule has 1 atom stereocenters. The summed E-state index contributed by atoms with van der Waals surface area (Å²) in [5, 5.41) is 10.3. The highest BCUT2D eigenvalue weighted by molar-refractivity contribution is 4.91. The predicted octanol–water partition coefficient (Wildman–Crippen LogP) is 2.28. The van der Waals surface area contributed by atoms with E-state index in [1.54, 1.807) is 6.33 Å². The number of H-pyrrole nitrogens is 1. The summed E-state index contributed by atoms with van der Waals surface area (Å²) in [7, 11) is 0. The van der Waals surface area contributed by atoms with Gasteiger partial charge < -0.3 is 5.32 Å². The number of nitrogens with one attached hydrogen (secondary N) is 2. The molecule has 0 radical (unpaired) electrons. The molecule has 2 N–H and O–H groups in total. The van der Waals surface area contributed by atoms with E-state index in [2.05, 4.69) is 48.2 Å². The lowest BCUT2D eigenvalue weighted by Crippen LogP contribution is -2.23. The number of hydrogen-bond acceptors (Lipinski definition) is 3. The van der Waals surface area contributed by atoms with Crippen molar-refractivity contribution in [2.75, 3.05) is 6.54 Å². The Balaban J connectivity index is 2.52. The van der Waals surface area contributed by atoms with Crippen LogP contribution < -0.4 is 5.32 Å². The summed E-state index contributed by atoms with van der Waals surface area (Å²) in [6.07, 6.45) is 3.83. The average molecular weight is 210 g/mol. The minimum absolute atomic E-state index is 0.303. The van der Waals surface area contributed by atoms with Crippen molar-refractivity contribution in [3.63, 3.8) is 0 Å². The number of rotatable bonds is 5. The number of nitrogens with zero attached hydrogens (tertiary/aromatic N) is 2. The zero-order valence-corrected chi connectivity index (χ0v) is 10.2. The molecule has 0 fully saturated rings. The van der Waals surface area contributed by atoms with Gasteiger partial charge >= 0.3 is 0 Å².